The SMILES string of the molecule is CN1C(N)=N[C@](C)(c2sc(-c3cncc(C#N)c3)cc2C(F)(F)F)CS1(=O)=O. The average Bonchev–Trinajstić information content (AvgIpc) is 3.06. The van der Waals surface area contributed by atoms with E-state index in [1.165, 1.54) is 32.4 Å². The van der Waals surface area contributed by atoms with Crippen molar-refractivity contribution in [2.75, 3.05) is 12.8 Å². The highest BCUT2D eigenvalue weighted by Gasteiger charge is 2.47. The predicted octanol–water partition coefficient (Wildman–Crippen LogP) is 2.51. The second kappa shape index (κ2) is 6.46. The number of thiophene rings is 1. The molecule has 3 rings (SSSR count). The van der Waals surface area contributed by atoms with Crippen LogP contribution in [0, 0.1) is 11.3 Å². The van der Waals surface area contributed by atoms with Crippen molar-refractivity contribution in [3.63, 3.8) is 0 Å². The molecule has 1 aliphatic rings. The first-order valence-electron chi connectivity index (χ1n) is 7.76. The Morgan fingerprint density at radius 3 is 2.61 bits per heavy atom. The van der Waals surface area contributed by atoms with Crippen molar-refractivity contribution < 1.29 is 21.6 Å². The van der Waals surface area contributed by atoms with E-state index >= 15 is 0 Å². The minimum absolute atomic E-state index is 0.191. The zero-order chi connectivity index (χ0) is 20.9. The van der Waals surface area contributed by atoms with Crippen LogP contribution in [-0.4, -0.2) is 36.5 Å². The van der Waals surface area contributed by atoms with E-state index in [-0.39, 0.29) is 21.3 Å². The van der Waals surface area contributed by atoms with Crippen molar-refractivity contribution in [3.8, 4) is 16.5 Å². The molecule has 2 N–H and O–H groups in total. The molecular weight excluding hydrogens is 415 g/mol. The smallest absolute Gasteiger partial charge is 0.369 e. The van der Waals surface area contributed by atoms with E-state index in [9.17, 15) is 21.6 Å². The van der Waals surface area contributed by atoms with Crippen LogP contribution in [0.25, 0.3) is 10.4 Å². The summed E-state index contributed by atoms with van der Waals surface area (Å²) >= 11 is 0.753. The zero-order valence-corrected chi connectivity index (χ0v) is 16.3. The Labute approximate surface area is 163 Å². The normalized spacial score (nSPS) is 21.9. The Balaban J connectivity index is 2.24. The molecule has 12 heteroatoms. The molecule has 0 aliphatic carbocycles. The number of hydrogen-bond donors (Lipinski definition) is 1. The lowest BCUT2D eigenvalue weighted by molar-refractivity contribution is -0.138. The molecule has 1 aliphatic heterocycles. The zero-order valence-electron chi connectivity index (χ0n) is 14.6. The van der Waals surface area contributed by atoms with Crippen LogP contribution in [0.1, 0.15) is 22.9 Å². The summed E-state index contributed by atoms with van der Waals surface area (Å²) in [5.74, 6) is -1.04. The second-order valence-electron chi connectivity index (χ2n) is 6.39. The molecule has 1 atom stereocenters. The highest BCUT2D eigenvalue weighted by atomic mass is 32.2. The Hall–Kier alpha value is -2.65. The number of pyridine rings is 1. The molecular formula is C16H14F3N5O2S2. The van der Waals surface area contributed by atoms with Gasteiger partial charge in [-0.3, -0.25) is 4.98 Å². The molecule has 148 valence electrons. The molecule has 0 saturated carbocycles. The van der Waals surface area contributed by atoms with Gasteiger partial charge >= 0.3 is 6.18 Å². The highest BCUT2D eigenvalue weighted by Crippen LogP contribution is 2.47. The summed E-state index contributed by atoms with van der Waals surface area (Å²) in [6.07, 6.45) is -2.11. The quantitative estimate of drug-likeness (QED) is 0.788. The summed E-state index contributed by atoms with van der Waals surface area (Å²) in [6.45, 7) is 1.30. The average molecular weight is 429 g/mol. The monoisotopic (exact) mass is 429 g/mol. The lowest BCUT2D eigenvalue weighted by Gasteiger charge is -2.34. The molecule has 0 unspecified atom stereocenters. The molecule has 0 fully saturated rings. The molecule has 2 aromatic rings. The third-order valence-electron chi connectivity index (χ3n) is 4.24. The molecule has 0 radical (unpaired) electrons. The molecule has 3 heterocycles. The van der Waals surface area contributed by atoms with Crippen LogP contribution in [0.5, 0.6) is 0 Å². The van der Waals surface area contributed by atoms with E-state index in [0.717, 1.165) is 21.7 Å². The van der Waals surface area contributed by atoms with Gasteiger partial charge in [0.15, 0.2) is 0 Å². The summed E-state index contributed by atoms with van der Waals surface area (Å²) in [5.41, 5.74) is 3.47. The van der Waals surface area contributed by atoms with Crippen LogP contribution in [-0.2, 0) is 21.7 Å². The van der Waals surface area contributed by atoms with Gasteiger partial charge in [-0.05, 0) is 19.1 Å². The number of nitrogens with two attached hydrogens (primary N) is 1. The van der Waals surface area contributed by atoms with Gasteiger partial charge in [0.1, 0.15) is 11.6 Å². The fraction of sp³-hybridized carbons (Fsp3) is 0.312. The molecule has 28 heavy (non-hydrogen) atoms. The molecule has 7 nitrogen and oxygen atoms in total. The van der Waals surface area contributed by atoms with Gasteiger partial charge in [-0.1, -0.05) is 0 Å². The maximum Gasteiger partial charge on any atom is 0.417 e. The van der Waals surface area contributed by atoms with E-state index in [0.29, 0.717) is 5.56 Å². The Bertz CT molecular complexity index is 1120. The first-order chi connectivity index (χ1) is 12.9. The number of aromatic nitrogens is 1. The van der Waals surface area contributed by atoms with Gasteiger partial charge in [0.05, 0.1) is 16.9 Å². The molecule has 0 aromatic carbocycles. The van der Waals surface area contributed by atoms with E-state index in [1.807, 2.05) is 6.07 Å². The van der Waals surface area contributed by atoms with Gasteiger partial charge in [-0.2, -0.15) is 18.4 Å². The molecule has 2 aromatic heterocycles. The number of sulfonamides is 1. The molecule has 0 bridgehead atoms. The largest absolute Gasteiger partial charge is 0.417 e. The van der Waals surface area contributed by atoms with Crippen LogP contribution < -0.4 is 5.73 Å². The first kappa shape index (κ1) is 20.1. The minimum atomic E-state index is -4.73. The standard InChI is InChI=1S/C16H14F3N5O2S2/c1-15(8-28(25,26)24(2)14(21)23-15)13-11(16(17,18)19)4-12(27-13)10-3-9(5-20)6-22-7-10/h3-4,6-7H,8H2,1-2H3,(H2,21,23)/t15-/m0/s1. The van der Waals surface area contributed by atoms with Gasteiger partial charge in [-0.15, -0.1) is 11.3 Å². The van der Waals surface area contributed by atoms with Crippen molar-refractivity contribution in [2.24, 2.45) is 10.7 Å². The number of hydrogen-bond acceptors (Lipinski definition) is 7. The fourth-order valence-corrected chi connectivity index (χ4v) is 5.62. The number of alkyl halides is 3. The van der Waals surface area contributed by atoms with Gasteiger partial charge in [0.25, 0.3) is 0 Å². The third kappa shape index (κ3) is 3.43. The van der Waals surface area contributed by atoms with E-state index in [2.05, 4.69) is 9.98 Å². The van der Waals surface area contributed by atoms with E-state index in [4.69, 9.17) is 11.0 Å². The number of nitriles is 1. The van der Waals surface area contributed by atoms with Crippen LogP contribution in [0.4, 0.5) is 13.2 Å². The van der Waals surface area contributed by atoms with E-state index < -0.39 is 33.1 Å². The van der Waals surface area contributed by atoms with Crippen molar-refractivity contribution >= 4 is 27.3 Å². The summed E-state index contributed by atoms with van der Waals surface area (Å²) < 4.78 is 66.6. The number of aliphatic imine (C=N–C) groups is 1. The number of rotatable bonds is 2. The Morgan fingerprint density at radius 1 is 1.36 bits per heavy atom. The van der Waals surface area contributed by atoms with E-state index in [1.54, 1.807) is 0 Å². The van der Waals surface area contributed by atoms with Crippen LogP contribution in [0.3, 0.4) is 0 Å². The Morgan fingerprint density at radius 2 is 2.04 bits per heavy atom. The summed E-state index contributed by atoms with van der Waals surface area (Å²) in [7, 11) is -2.74. The number of halogens is 3. The highest BCUT2D eigenvalue weighted by molar-refractivity contribution is 7.89. The maximum absolute atomic E-state index is 13.7. The lowest BCUT2D eigenvalue weighted by atomic mass is 9.99. The number of guanidine groups is 1. The van der Waals surface area contributed by atoms with Crippen LogP contribution in [0.2, 0.25) is 0 Å². The van der Waals surface area contributed by atoms with Gasteiger partial charge in [0.2, 0.25) is 16.0 Å². The number of nitrogens with zero attached hydrogens (tertiary/aromatic N) is 4. The van der Waals surface area contributed by atoms with Crippen LogP contribution >= 0.6 is 11.3 Å². The van der Waals surface area contributed by atoms with Crippen LogP contribution in [0.15, 0.2) is 29.5 Å². The second-order valence-corrected chi connectivity index (χ2v) is 9.45. The summed E-state index contributed by atoms with van der Waals surface area (Å²) in [6, 6.07) is 4.21. The topological polar surface area (TPSA) is 112 Å². The minimum Gasteiger partial charge on any atom is -0.369 e. The van der Waals surface area contributed by atoms with Crippen molar-refractivity contribution in [3.05, 3.63) is 40.5 Å². The molecule has 0 amide bonds. The Kier molecular flexibility index (Phi) is 4.63. The van der Waals surface area contributed by atoms with Gasteiger partial charge in [0, 0.05) is 34.8 Å². The summed E-state index contributed by atoms with van der Waals surface area (Å²) in [5, 5.41) is 8.98. The van der Waals surface area contributed by atoms with Gasteiger partial charge in [-0.25, -0.2) is 17.7 Å². The van der Waals surface area contributed by atoms with Crippen molar-refractivity contribution in [1.29, 1.82) is 5.26 Å². The summed E-state index contributed by atoms with van der Waals surface area (Å²) in [4.78, 5) is 7.85. The van der Waals surface area contributed by atoms with Crippen molar-refractivity contribution in [2.45, 2.75) is 18.6 Å². The molecule has 0 spiro atoms. The van der Waals surface area contributed by atoms with Gasteiger partial charge < -0.3 is 5.73 Å². The molecule has 0 saturated heterocycles. The third-order valence-corrected chi connectivity index (χ3v) is 7.63. The maximum atomic E-state index is 13.7. The van der Waals surface area contributed by atoms with Crippen molar-refractivity contribution in [1.82, 2.24) is 9.29 Å². The predicted molar refractivity (Wildman–Crippen MR) is 97.8 cm³/mol. The first-order valence-corrected chi connectivity index (χ1v) is 10.2. The lowest BCUT2D eigenvalue weighted by Crippen LogP contribution is -2.50. The fourth-order valence-electron chi connectivity index (χ4n) is 2.85.